The minimum absolute atomic E-state index is 0.0252. The van der Waals surface area contributed by atoms with Gasteiger partial charge in [0.1, 0.15) is 29.6 Å². The number of carboxylic acid groups (broad SMARTS) is 2. The van der Waals surface area contributed by atoms with E-state index in [0.717, 1.165) is 83.9 Å². The van der Waals surface area contributed by atoms with Gasteiger partial charge < -0.3 is 40.3 Å². The maximum Gasteiger partial charge on any atom is 0.409 e. The Kier molecular flexibility index (Phi) is 12.1. The lowest BCUT2D eigenvalue weighted by molar-refractivity contribution is -0.109. The fraction of sp³-hybridized carbons (Fsp3) is 0.444. The lowest BCUT2D eigenvalue weighted by Crippen LogP contribution is -2.43. The van der Waals surface area contributed by atoms with Crippen LogP contribution in [-0.2, 0) is 19.2 Å². The molecule has 14 rings (SSSR count). The molecule has 4 saturated heterocycles. The summed E-state index contributed by atoms with van der Waals surface area (Å²) in [6, 6.07) is 15.4. The standard InChI is InChI=1S/C28H29N8O6.C26H25N6O2/c37-5-3-35-20-7-13(20)8-22(35)25-29-12-19(32-25)16-9-14(31-27(39)40)1-2-15(16)18-11-30-26(33-18)24-23(34-28(41)42)17-10-21(17)36(24)4-6-38;33-7-5-31-21-9-15(21)11-23(31)25-27-13-19(29-25)17-3-1-2-4-18(17)20-14-28-26(30-20)24-12-16-10-22(16)32(24)6-8-34/h1-2,6,9,11-13,17,20-24,31,34H,3-4,7-8,10H2,(H,29,32)(H,30,33)(H,39,40)(H,41,42);1-3,13-16,21-24H,5-6,9-12H2,(H,27,29)(H,28,30)/t13?,17-,20?,21+,22?,23?,24+;15-,16?,21?,22?,23?,24?/m10/s1. The number of nitrogens with zero attached hydrogens (tertiary/aromatic N) is 8. The monoisotopic (exact) mass is 1030 g/mol. The lowest BCUT2D eigenvalue weighted by Gasteiger charge is -2.28. The molecule has 4 radical (unpaired) electrons. The van der Waals surface area contributed by atoms with E-state index in [1.54, 1.807) is 30.6 Å². The van der Waals surface area contributed by atoms with E-state index in [1.165, 1.54) is 12.8 Å². The predicted octanol–water partition coefficient (Wildman–Crippen LogP) is 5.14. The van der Waals surface area contributed by atoms with Crippen molar-refractivity contribution in [3.63, 3.8) is 0 Å². The first kappa shape index (κ1) is 48.0. The molecule has 8 heterocycles. The van der Waals surface area contributed by atoms with Crippen LogP contribution in [0.5, 0.6) is 0 Å². The molecule has 8 aliphatic rings. The molecule has 8 fully saturated rings. The zero-order chi connectivity index (χ0) is 51.9. The van der Waals surface area contributed by atoms with E-state index in [-0.39, 0.29) is 43.2 Å². The van der Waals surface area contributed by atoms with Crippen molar-refractivity contribution in [1.82, 2.24) is 64.8 Å². The summed E-state index contributed by atoms with van der Waals surface area (Å²) in [5, 5.41) is 23.8. The normalized spacial score (nSPS) is 30.6. The first-order chi connectivity index (χ1) is 37.1. The topological polar surface area (TPSA) is 295 Å². The molecule has 8 N–H and O–H groups in total. The van der Waals surface area contributed by atoms with Crippen molar-refractivity contribution in [2.24, 2.45) is 23.7 Å². The zero-order valence-corrected chi connectivity index (χ0v) is 41.1. The van der Waals surface area contributed by atoms with Crippen LogP contribution in [-0.4, -0.2) is 163 Å². The molecule has 0 spiro atoms. The summed E-state index contributed by atoms with van der Waals surface area (Å²) < 4.78 is 0. The van der Waals surface area contributed by atoms with Gasteiger partial charge in [-0.05, 0) is 86.8 Å². The number of H-pyrrole nitrogens is 4. The minimum Gasteiger partial charge on any atom is -0.465 e. The van der Waals surface area contributed by atoms with Crippen LogP contribution in [0.4, 0.5) is 15.3 Å². The second-order valence-electron chi connectivity index (χ2n) is 21.5. The van der Waals surface area contributed by atoms with E-state index in [1.807, 2.05) is 35.7 Å². The van der Waals surface area contributed by atoms with Crippen LogP contribution >= 0.6 is 0 Å². The molecule has 6 aromatic rings. The molecular formula is C54H54N14O8. The highest BCUT2D eigenvalue weighted by Crippen LogP contribution is 2.56. The van der Waals surface area contributed by atoms with Gasteiger partial charge in [-0.15, -0.1) is 0 Å². The van der Waals surface area contributed by atoms with Crippen LogP contribution in [0.15, 0.2) is 61.2 Å². The van der Waals surface area contributed by atoms with E-state index < -0.39 is 24.3 Å². The van der Waals surface area contributed by atoms with Crippen molar-refractivity contribution in [3.05, 3.63) is 90.5 Å². The Morgan fingerprint density at radius 1 is 0.618 bits per heavy atom. The average Bonchev–Trinajstić information content (AvgIpc) is 4.31. The Morgan fingerprint density at radius 3 is 1.67 bits per heavy atom. The number of aromatic nitrogens is 8. The van der Waals surface area contributed by atoms with Gasteiger partial charge in [0, 0.05) is 52.1 Å². The molecule has 76 heavy (non-hydrogen) atoms. The van der Waals surface area contributed by atoms with Gasteiger partial charge in [-0.3, -0.25) is 39.3 Å². The van der Waals surface area contributed by atoms with E-state index >= 15 is 0 Å². The lowest BCUT2D eigenvalue weighted by atomic mass is 10.0. The van der Waals surface area contributed by atoms with Crippen LogP contribution in [0.2, 0.25) is 0 Å². The molecule has 4 saturated carbocycles. The van der Waals surface area contributed by atoms with E-state index in [0.29, 0.717) is 77.4 Å². The summed E-state index contributed by atoms with van der Waals surface area (Å²) >= 11 is 0. The SMILES string of the molecule is O=[C]CN1C(c2ncc(-c3[c]cccc3-c3cnc(C4C[C@@H]5CC5N4C[C]=O)[nH]3)[nH]2)CC2CC21.O=[C]CN1C(c2ncc(-c3cc(NC(=O)O)ccc3-c3cnc([C@@H]4C(NC(=O)O)[C@@H]5C[C@@H]5N4CC=O)[nH]3)[nH]2)CC2CC21. The number of hydrogen-bond acceptors (Lipinski definition) is 14. The van der Waals surface area contributed by atoms with Crippen LogP contribution in [0.1, 0.15) is 92.4 Å². The van der Waals surface area contributed by atoms with Crippen LogP contribution in [0.3, 0.4) is 0 Å². The number of rotatable bonds is 18. The van der Waals surface area contributed by atoms with E-state index in [2.05, 4.69) is 79.9 Å². The largest absolute Gasteiger partial charge is 0.465 e. The minimum atomic E-state index is -1.19. The molecule has 4 aliphatic heterocycles. The number of benzene rings is 2. The summed E-state index contributed by atoms with van der Waals surface area (Å²) in [5.41, 5.74) is 6.82. The molecule has 4 aliphatic carbocycles. The van der Waals surface area contributed by atoms with Gasteiger partial charge in [0.05, 0.1) is 104 Å². The van der Waals surface area contributed by atoms with E-state index in [4.69, 9.17) is 9.97 Å². The summed E-state index contributed by atoms with van der Waals surface area (Å²) in [6.07, 6.45) is 19.0. The first-order valence-electron chi connectivity index (χ1n) is 26.0. The Balaban J connectivity index is 0.000000149. The Hall–Kier alpha value is -7.66. The number of imidazole rings is 4. The van der Waals surface area contributed by atoms with Gasteiger partial charge in [-0.1, -0.05) is 24.3 Å². The average molecular weight is 1030 g/mol. The number of piperidine rings is 4. The highest BCUT2D eigenvalue weighted by molar-refractivity contribution is 5.88. The van der Waals surface area contributed by atoms with Crippen molar-refractivity contribution in [3.8, 4) is 45.0 Å². The highest BCUT2D eigenvalue weighted by Gasteiger charge is 2.60. The smallest absolute Gasteiger partial charge is 0.409 e. The third-order valence-electron chi connectivity index (χ3n) is 17.3. The highest BCUT2D eigenvalue weighted by atomic mass is 16.4. The summed E-state index contributed by atoms with van der Waals surface area (Å²) in [4.78, 5) is 109. The molecule has 2 aromatic carbocycles. The fourth-order valence-corrected chi connectivity index (χ4v) is 13.6. The molecule has 388 valence electrons. The number of amides is 2. The maximum atomic E-state index is 11.6. The molecule has 0 bridgehead atoms. The number of aromatic amines is 4. The van der Waals surface area contributed by atoms with Gasteiger partial charge in [-0.25, -0.2) is 29.5 Å². The number of carbonyl (C=O) groups is 3. The number of carbonyl (C=O) groups excluding carboxylic acids is 4. The van der Waals surface area contributed by atoms with Crippen LogP contribution < -0.4 is 10.6 Å². The number of fused-ring (bicyclic) bond motifs is 4. The van der Waals surface area contributed by atoms with Gasteiger partial charge in [0.25, 0.3) is 0 Å². The number of nitrogens with one attached hydrogen (secondary N) is 6. The molecule has 4 aromatic heterocycles. The number of aldehydes is 1. The van der Waals surface area contributed by atoms with Gasteiger partial charge >= 0.3 is 12.2 Å². The predicted molar refractivity (Wildman–Crippen MR) is 271 cm³/mol. The fourth-order valence-electron chi connectivity index (χ4n) is 13.6. The zero-order valence-electron chi connectivity index (χ0n) is 41.1. The summed E-state index contributed by atoms with van der Waals surface area (Å²) in [6.45, 7) is 1.07. The second kappa shape index (κ2) is 19.2. The number of likely N-dealkylation sites (tertiary alicyclic amines) is 4. The van der Waals surface area contributed by atoms with E-state index in [9.17, 15) is 39.0 Å². The van der Waals surface area contributed by atoms with Crippen molar-refractivity contribution in [2.45, 2.75) is 99.3 Å². The van der Waals surface area contributed by atoms with Crippen molar-refractivity contribution in [2.75, 3.05) is 31.5 Å². The van der Waals surface area contributed by atoms with Gasteiger partial charge in [0.15, 0.2) is 0 Å². The summed E-state index contributed by atoms with van der Waals surface area (Å²) in [5.74, 6) is 5.09. The maximum absolute atomic E-state index is 11.6. The van der Waals surface area contributed by atoms with Crippen molar-refractivity contribution < 1.29 is 39.0 Å². The molecule has 2 amide bonds. The third-order valence-corrected chi connectivity index (χ3v) is 17.3. The Morgan fingerprint density at radius 2 is 1.13 bits per heavy atom. The Bertz CT molecular complexity index is 3140. The molecule has 22 heteroatoms. The third kappa shape index (κ3) is 8.71. The first-order valence-corrected chi connectivity index (χ1v) is 26.0. The number of anilines is 1. The molecular weight excluding hydrogens is 973 g/mol. The molecule has 9 unspecified atom stereocenters. The second-order valence-corrected chi connectivity index (χ2v) is 21.5. The van der Waals surface area contributed by atoms with Gasteiger partial charge in [0.2, 0.25) is 18.9 Å². The molecule has 13 atom stereocenters. The number of hydrogen-bond donors (Lipinski definition) is 8. The van der Waals surface area contributed by atoms with Crippen LogP contribution in [0, 0.1) is 29.7 Å². The quantitative estimate of drug-likeness (QED) is 0.0517. The molecule has 22 nitrogen and oxygen atoms in total. The van der Waals surface area contributed by atoms with Crippen molar-refractivity contribution >= 4 is 43.0 Å². The van der Waals surface area contributed by atoms with Gasteiger partial charge in [-0.2, -0.15) is 0 Å². The Labute approximate surface area is 435 Å². The van der Waals surface area contributed by atoms with Crippen LogP contribution in [0.25, 0.3) is 45.0 Å². The van der Waals surface area contributed by atoms with Crippen molar-refractivity contribution in [1.29, 1.82) is 0 Å². The summed E-state index contributed by atoms with van der Waals surface area (Å²) in [7, 11) is 0.